The molecule has 1 aliphatic heterocycles. The van der Waals surface area contributed by atoms with Crippen molar-refractivity contribution < 1.29 is 9.13 Å². The fourth-order valence-corrected chi connectivity index (χ4v) is 4.19. The average Bonchev–Trinajstić information content (AvgIpc) is 3.65. The van der Waals surface area contributed by atoms with E-state index in [-0.39, 0.29) is 17.6 Å². The van der Waals surface area contributed by atoms with Gasteiger partial charge in [0.2, 0.25) is 0 Å². The number of anilines is 1. The predicted octanol–water partition coefficient (Wildman–Crippen LogP) is 5.41. The lowest BCUT2D eigenvalue weighted by atomic mass is 10.1. The number of aliphatic imine (C=N–C) groups is 1. The van der Waals surface area contributed by atoms with E-state index in [1.54, 1.807) is 6.07 Å². The van der Waals surface area contributed by atoms with Gasteiger partial charge in [-0.15, -0.1) is 0 Å². The van der Waals surface area contributed by atoms with Crippen LogP contribution in [0.2, 0.25) is 0 Å². The summed E-state index contributed by atoms with van der Waals surface area (Å²) in [5.74, 6) is 2.41. The molecule has 0 atom stereocenters. The quantitative estimate of drug-likeness (QED) is 0.727. The van der Waals surface area contributed by atoms with Crippen LogP contribution in [0.3, 0.4) is 0 Å². The molecule has 152 valence electrons. The summed E-state index contributed by atoms with van der Waals surface area (Å²) in [7, 11) is 0. The highest BCUT2D eigenvalue weighted by Gasteiger charge is 2.29. The molecule has 0 saturated heterocycles. The Balaban J connectivity index is 1.28. The van der Waals surface area contributed by atoms with Crippen LogP contribution in [0.5, 0.6) is 11.8 Å². The number of hydrogen-bond acceptors (Lipinski definition) is 5. The Bertz CT molecular complexity index is 1140. The van der Waals surface area contributed by atoms with Crippen molar-refractivity contribution in [2.45, 2.75) is 44.9 Å². The molecular formula is C24H23FN4O. The van der Waals surface area contributed by atoms with Crippen molar-refractivity contribution in [2.24, 2.45) is 10.9 Å². The zero-order valence-electron chi connectivity index (χ0n) is 16.9. The van der Waals surface area contributed by atoms with Crippen LogP contribution >= 0.6 is 0 Å². The Labute approximate surface area is 174 Å². The van der Waals surface area contributed by atoms with E-state index >= 15 is 0 Å². The molecule has 0 radical (unpaired) electrons. The lowest BCUT2D eigenvalue weighted by Gasteiger charge is -2.11. The van der Waals surface area contributed by atoms with Crippen LogP contribution in [0.4, 0.5) is 10.2 Å². The number of aromatic nitrogens is 2. The number of hydrogen-bond donors (Lipinski definition) is 1. The number of allylic oxidation sites excluding steroid dienone is 1. The minimum Gasteiger partial charge on any atom is -0.421 e. The molecule has 30 heavy (non-hydrogen) atoms. The molecular weight excluding hydrogens is 379 g/mol. The first-order chi connectivity index (χ1) is 14.6. The van der Waals surface area contributed by atoms with Gasteiger partial charge in [-0.3, -0.25) is 4.99 Å². The maximum absolute atomic E-state index is 15.0. The van der Waals surface area contributed by atoms with Gasteiger partial charge in [0, 0.05) is 17.5 Å². The third-order valence-electron chi connectivity index (χ3n) is 6.13. The maximum atomic E-state index is 15.0. The van der Waals surface area contributed by atoms with Crippen molar-refractivity contribution in [3.8, 4) is 11.8 Å². The van der Waals surface area contributed by atoms with Crippen LogP contribution in [0.15, 0.2) is 40.4 Å². The van der Waals surface area contributed by atoms with Gasteiger partial charge in [-0.1, -0.05) is 17.7 Å². The van der Waals surface area contributed by atoms with Gasteiger partial charge in [0.05, 0.1) is 12.2 Å². The second kappa shape index (κ2) is 6.76. The molecule has 6 rings (SSSR count). The van der Waals surface area contributed by atoms with Crippen molar-refractivity contribution in [1.29, 1.82) is 0 Å². The number of rotatable bonds is 5. The summed E-state index contributed by atoms with van der Waals surface area (Å²) >= 11 is 0. The summed E-state index contributed by atoms with van der Waals surface area (Å²) in [4.78, 5) is 13.6. The SMILES string of the molecule is CC1=Cc2c(ccc(Oc3nc(NC4=NCC(C5CC5)=C4)cc(C4CC4)n3)c2F)C1. The molecule has 1 aromatic carbocycles. The van der Waals surface area contributed by atoms with Gasteiger partial charge in [-0.05, 0) is 68.2 Å². The van der Waals surface area contributed by atoms with E-state index in [1.807, 2.05) is 25.1 Å². The van der Waals surface area contributed by atoms with E-state index in [4.69, 9.17) is 4.74 Å². The summed E-state index contributed by atoms with van der Waals surface area (Å²) in [6.45, 7) is 2.78. The Hall–Kier alpha value is -3.02. The Morgan fingerprint density at radius 1 is 1.07 bits per heavy atom. The summed E-state index contributed by atoms with van der Waals surface area (Å²) in [6.07, 6.45) is 9.56. The first-order valence-electron chi connectivity index (χ1n) is 10.7. The van der Waals surface area contributed by atoms with Gasteiger partial charge >= 0.3 is 6.01 Å². The van der Waals surface area contributed by atoms with E-state index in [9.17, 15) is 4.39 Å². The summed E-state index contributed by atoms with van der Waals surface area (Å²) in [6, 6.07) is 5.72. The van der Waals surface area contributed by atoms with E-state index < -0.39 is 0 Å². The zero-order valence-corrected chi connectivity index (χ0v) is 16.9. The third kappa shape index (κ3) is 3.40. The van der Waals surface area contributed by atoms with E-state index in [2.05, 4.69) is 26.4 Å². The van der Waals surface area contributed by atoms with E-state index in [0.717, 1.165) is 48.5 Å². The van der Waals surface area contributed by atoms with Gasteiger partial charge < -0.3 is 10.1 Å². The second-order valence-electron chi connectivity index (χ2n) is 8.77. The highest BCUT2D eigenvalue weighted by atomic mass is 19.1. The number of nitrogens with zero attached hydrogens (tertiary/aromatic N) is 3. The molecule has 0 spiro atoms. The number of halogens is 1. The van der Waals surface area contributed by atoms with Gasteiger partial charge in [-0.2, -0.15) is 9.97 Å². The molecule has 3 aliphatic carbocycles. The maximum Gasteiger partial charge on any atom is 0.324 e. The van der Waals surface area contributed by atoms with Gasteiger partial charge in [-0.25, -0.2) is 4.39 Å². The zero-order chi connectivity index (χ0) is 20.2. The fraction of sp³-hybridized carbons (Fsp3) is 0.375. The van der Waals surface area contributed by atoms with Crippen molar-refractivity contribution in [3.63, 3.8) is 0 Å². The first kappa shape index (κ1) is 17.8. The summed E-state index contributed by atoms with van der Waals surface area (Å²) in [5, 5.41) is 3.30. The summed E-state index contributed by atoms with van der Waals surface area (Å²) in [5.41, 5.74) is 5.08. The number of fused-ring (bicyclic) bond motifs is 1. The molecule has 0 amide bonds. The van der Waals surface area contributed by atoms with Crippen LogP contribution < -0.4 is 10.1 Å². The Morgan fingerprint density at radius 3 is 2.70 bits per heavy atom. The molecule has 4 aliphatic rings. The second-order valence-corrected chi connectivity index (χ2v) is 8.77. The molecule has 2 heterocycles. The van der Waals surface area contributed by atoms with Gasteiger partial charge in [0.1, 0.15) is 11.7 Å². The number of ether oxygens (including phenoxy) is 1. The average molecular weight is 402 g/mol. The lowest BCUT2D eigenvalue weighted by Crippen LogP contribution is -2.10. The molecule has 2 fully saturated rings. The molecule has 2 aromatic rings. The van der Waals surface area contributed by atoms with Crippen molar-refractivity contribution >= 4 is 17.7 Å². The Morgan fingerprint density at radius 2 is 1.90 bits per heavy atom. The van der Waals surface area contributed by atoms with Gasteiger partial charge in [0.15, 0.2) is 11.6 Å². The van der Waals surface area contributed by atoms with Crippen LogP contribution in [0.1, 0.15) is 55.3 Å². The number of benzene rings is 1. The molecule has 1 aromatic heterocycles. The van der Waals surface area contributed by atoms with Crippen molar-refractivity contribution in [3.05, 3.63) is 58.1 Å². The highest BCUT2D eigenvalue weighted by Crippen LogP contribution is 2.41. The van der Waals surface area contributed by atoms with Crippen LogP contribution in [0, 0.1) is 11.7 Å². The first-order valence-corrected chi connectivity index (χ1v) is 10.7. The van der Waals surface area contributed by atoms with Crippen LogP contribution in [-0.4, -0.2) is 22.3 Å². The fourth-order valence-electron chi connectivity index (χ4n) is 4.19. The molecule has 1 N–H and O–H groups in total. The Kier molecular flexibility index (Phi) is 4.01. The lowest BCUT2D eigenvalue weighted by molar-refractivity contribution is 0.409. The van der Waals surface area contributed by atoms with Crippen LogP contribution in [0.25, 0.3) is 6.08 Å². The molecule has 5 nitrogen and oxygen atoms in total. The smallest absolute Gasteiger partial charge is 0.324 e. The topological polar surface area (TPSA) is 59.4 Å². The standard InChI is InChI=1S/C24H23FN4O/c1-13-8-16-6-7-20(23(25)18(16)9-13)30-24-27-19(15-4-5-15)11-22(29-24)28-21-10-17(12-26-21)14-2-3-14/h6-7,9-11,14-15H,2-5,8,12H2,1H3,(H,26,27,28,29). The minimum absolute atomic E-state index is 0.160. The third-order valence-corrected chi connectivity index (χ3v) is 6.13. The highest BCUT2D eigenvalue weighted by molar-refractivity contribution is 6.05. The monoisotopic (exact) mass is 402 g/mol. The minimum atomic E-state index is -0.350. The molecule has 0 unspecified atom stereocenters. The van der Waals surface area contributed by atoms with E-state index in [0.29, 0.717) is 23.2 Å². The number of amidine groups is 1. The largest absolute Gasteiger partial charge is 0.421 e. The molecule has 0 bridgehead atoms. The van der Waals surface area contributed by atoms with E-state index in [1.165, 1.54) is 18.4 Å². The normalized spacial score (nSPS) is 19.9. The van der Waals surface area contributed by atoms with Crippen molar-refractivity contribution in [1.82, 2.24) is 9.97 Å². The van der Waals surface area contributed by atoms with Crippen molar-refractivity contribution in [2.75, 3.05) is 11.9 Å². The summed E-state index contributed by atoms with van der Waals surface area (Å²) < 4.78 is 20.8. The number of nitrogens with one attached hydrogen (secondary N) is 1. The predicted molar refractivity (Wildman–Crippen MR) is 115 cm³/mol. The van der Waals surface area contributed by atoms with Crippen LogP contribution in [-0.2, 0) is 6.42 Å². The van der Waals surface area contributed by atoms with Gasteiger partial charge in [0.25, 0.3) is 0 Å². The molecule has 2 saturated carbocycles. The molecule has 6 heteroatoms.